The number of likely N-dealkylation sites (N-methyl/N-ethyl adjacent to an activating group) is 1. The molecular weight excluding hydrogens is 436 g/mol. The summed E-state index contributed by atoms with van der Waals surface area (Å²) in [5.74, 6) is 2.28. The maximum absolute atomic E-state index is 13.2. The van der Waals surface area contributed by atoms with E-state index in [1.165, 1.54) is 5.56 Å². The highest BCUT2D eigenvalue weighted by Gasteiger charge is 2.49. The number of hydrogen-bond acceptors (Lipinski definition) is 4. The number of ether oxygens (including phenoxy) is 2. The zero-order valence-corrected chi connectivity index (χ0v) is 21.3. The molecule has 1 saturated carbocycles. The molecule has 5 nitrogen and oxygen atoms in total. The van der Waals surface area contributed by atoms with Crippen LogP contribution in [0, 0.1) is 5.92 Å². The second-order valence-electron chi connectivity index (χ2n) is 9.88. The van der Waals surface area contributed by atoms with E-state index in [9.17, 15) is 4.79 Å². The summed E-state index contributed by atoms with van der Waals surface area (Å²) in [7, 11) is 5.33. The Morgan fingerprint density at radius 2 is 1.89 bits per heavy atom. The second kappa shape index (κ2) is 11.1. The summed E-state index contributed by atoms with van der Waals surface area (Å²) >= 11 is 0. The van der Waals surface area contributed by atoms with Gasteiger partial charge in [0.05, 0.1) is 14.2 Å². The lowest BCUT2D eigenvalue weighted by Gasteiger charge is -2.54. The SMILES string of the molecule is C=CCN1CC[C@@]2(c3cccc(OC)c3)C[C@H](N(C)C(=O)C=Cc3cccc(OC)c3)CC[C@@H]2C1. The number of benzene rings is 2. The van der Waals surface area contributed by atoms with Crippen LogP contribution in [0.5, 0.6) is 11.5 Å². The molecule has 0 bridgehead atoms. The predicted molar refractivity (Wildman–Crippen MR) is 142 cm³/mol. The molecule has 0 aromatic heterocycles. The minimum atomic E-state index is 0.0418. The molecule has 0 N–H and O–H groups in total. The molecule has 2 aromatic carbocycles. The molecule has 2 fully saturated rings. The largest absolute Gasteiger partial charge is 0.497 e. The van der Waals surface area contributed by atoms with Crippen LogP contribution < -0.4 is 9.47 Å². The van der Waals surface area contributed by atoms with Crippen LogP contribution in [0.4, 0.5) is 0 Å². The lowest BCUT2D eigenvalue weighted by Crippen LogP contribution is -2.56. The number of hydrogen-bond donors (Lipinski definition) is 0. The lowest BCUT2D eigenvalue weighted by molar-refractivity contribution is -0.128. The predicted octanol–water partition coefficient (Wildman–Crippen LogP) is 5.17. The van der Waals surface area contributed by atoms with E-state index in [1.54, 1.807) is 20.3 Å². The van der Waals surface area contributed by atoms with Crippen LogP contribution >= 0.6 is 0 Å². The number of nitrogens with zero attached hydrogens (tertiary/aromatic N) is 2. The van der Waals surface area contributed by atoms with E-state index < -0.39 is 0 Å². The van der Waals surface area contributed by atoms with Crippen LogP contribution in [-0.2, 0) is 10.2 Å². The number of fused-ring (bicyclic) bond motifs is 1. The molecule has 0 unspecified atom stereocenters. The van der Waals surface area contributed by atoms with E-state index in [-0.39, 0.29) is 17.4 Å². The first-order chi connectivity index (χ1) is 17.0. The van der Waals surface area contributed by atoms with Crippen molar-refractivity contribution in [3.05, 3.63) is 78.4 Å². The van der Waals surface area contributed by atoms with Gasteiger partial charge in [-0.25, -0.2) is 0 Å². The van der Waals surface area contributed by atoms with Crippen LogP contribution in [0.2, 0.25) is 0 Å². The minimum absolute atomic E-state index is 0.0418. The molecule has 0 spiro atoms. The smallest absolute Gasteiger partial charge is 0.246 e. The molecule has 186 valence electrons. The van der Waals surface area contributed by atoms with Crippen LogP contribution in [0.25, 0.3) is 6.08 Å². The Labute approximate surface area is 210 Å². The van der Waals surface area contributed by atoms with Crippen molar-refractivity contribution in [3.63, 3.8) is 0 Å². The van der Waals surface area contributed by atoms with Crippen molar-refractivity contribution < 1.29 is 14.3 Å². The number of rotatable bonds is 8. The lowest BCUT2D eigenvalue weighted by atomic mass is 9.57. The van der Waals surface area contributed by atoms with Crippen molar-refractivity contribution >= 4 is 12.0 Å². The van der Waals surface area contributed by atoms with Crippen molar-refractivity contribution in [3.8, 4) is 11.5 Å². The van der Waals surface area contributed by atoms with E-state index in [2.05, 4.69) is 29.7 Å². The Morgan fingerprint density at radius 1 is 1.14 bits per heavy atom. The number of amides is 1. The molecular formula is C30H38N2O3. The fourth-order valence-corrected chi connectivity index (χ4v) is 6.01. The van der Waals surface area contributed by atoms with Crippen molar-refractivity contribution in [1.82, 2.24) is 9.80 Å². The Balaban J connectivity index is 1.55. The van der Waals surface area contributed by atoms with Gasteiger partial charge in [-0.05, 0) is 79.6 Å². The molecule has 1 saturated heterocycles. The molecule has 1 aliphatic carbocycles. The van der Waals surface area contributed by atoms with E-state index >= 15 is 0 Å². The first kappa shape index (κ1) is 25.1. The number of methoxy groups -OCH3 is 2. The molecule has 1 heterocycles. The Morgan fingerprint density at radius 3 is 2.63 bits per heavy atom. The Hall–Kier alpha value is -3.05. The summed E-state index contributed by atoms with van der Waals surface area (Å²) in [6.45, 7) is 6.99. The number of carbonyl (C=O) groups is 1. The normalized spacial score (nSPS) is 24.5. The third kappa shape index (κ3) is 5.46. The quantitative estimate of drug-likeness (QED) is 0.391. The highest BCUT2D eigenvalue weighted by Crippen LogP contribution is 2.50. The molecule has 3 atom stereocenters. The number of piperidine rings is 1. The van der Waals surface area contributed by atoms with E-state index in [0.29, 0.717) is 5.92 Å². The van der Waals surface area contributed by atoms with Gasteiger partial charge in [0.2, 0.25) is 5.91 Å². The maximum Gasteiger partial charge on any atom is 0.246 e. The average Bonchev–Trinajstić information content (AvgIpc) is 2.91. The summed E-state index contributed by atoms with van der Waals surface area (Å²) in [5, 5.41) is 0. The summed E-state index contributed by atoms with van der Waals surface area (Å²) < 4.78 is 10.9. The van der Waals surface area contributed by atoms with Crippen LogP contribution in [0.15, 0.2) is 67.3 Å². The van der Waals surface area contributed by atoms with Gasteiger partial charge in [0, 0.05) is 37.7 Å². The molecule has 35 heavy (non-hydrogen) atoms. The standard InChI is InChI=1S/C30H38N2O3/c1-5-17-32-18-16-30(24-9-7-11-28(20-24)35-4)21-26(14-13-25(30)22-32)31(2)29(33)15-12-23-8-6-10-27(19-23)34-3/h5-12,15,19-20,25-26H,1,13-14,16-18,21-22H2,2-4H3/t25-,26-,30+/m1/s1. The van der Waals surface area contributed by atoms with Crippen molar-refractivity contribution in [1.29, 1.82) is 0 Å². The first-order valence-corrected chi connectivity index (χ1v) is 12.6. The third-order valence-corrected chi connectivity index (χ3v) is 8.02. The Bertz CT molecular complexity index is 1070. The molecule has 1 aliphatic heterocycles. The maximum atomic E-state index is 13.2. The van der Waals surface area contributed by atoms with Gasteiger partial charge in [-0.15, -0.1) is 6.58 Å². The summed E-state index contributed by atoms with van der Waals surface area (Å²) in [4.78, 5) is 17.6. The second-order valence-corrected chi connectivity index (χ2v) is 9.88. The van der Waals surface area contributed by atoms with Crippen LogP contribution in [0.1, 0.15) is 36.8 Å². The number of likely N-dealkylation sites (tertiary alicyclic amines) is 1. The van der Waals surface area contributed by atoms with Crippen molar-refractivity contribution in [2.45, 2.75) is 37.1 Å². The van der Waals surface area contributed by atoms with E-state index in [1.807, 2.05) is 54.4 Å². The van der Waals surface area contributed by atoms with Gasteiger partial charge < -0.3 is 14.4 Å². The number of carbonyl (C=O) groups excluding carboxylic acids is 1. The first-order valence-electron chi connectivity index (χ1n) is 12.6. The third-order valence-electron chi connectivity index (χ3n) is 8.02. The highest BCUT2D eigenvalue weighted by molar-refractivity contribution is 5.91. The van der Waals surface area contributed by atoms with E-state index in [0.717, 1.165) is 62.4 Å². The van der Waals surface area contributed by atoms with Crippen LogP contribution in [-0.4, -0.2) is 62.7 Å². The van der Waals surface area contributed by atoms with Gasteiger partial charge in [-0.2, -0.15) is 0 Å². The summed E-state index contributed by atoms with van der Waals surface area (Å²) in [6, 6.07) is 16.5. The van der Waals surface area contributed by atoms with Gasteiger partial charge in [0.15, 0.2) is 0 Å². The Kier molecular flexibility index (Phi) is 7.97. The molecule has 5 heteroatoms. The van der Waals surface area contributed by atoms with Gasteiger partial charge in [-0.3, -0.25) is 9.69 Å². The van der Waals surface area contributed by atoms with Gasteiger partial charge in [0.25, 0.3) is 0 Å². The zero-order chi connectivity index (χ0) is 24.8. The summed E-state index contributed by atoms with van der Waals surface area (Å²) in [5.41, 5.74) is 2.34. The summed E-state index contributed by atoms with van der Waals surface area (Å²) in [6.07, 6.45) is 9.74. The van der Waals surface area contributed by atoms with Gasteiger partial charge in [-0.1, -0.05) is 30.3 Å². The fraction of sp³-hybridized carbons (Fsp3) is 0.433. The topological polar surface area (TPSA) is 42.0 Å². The van der Waals surface area contributed by atoms with Crippen LogP contribution in [0.3, 0.4) is 0 Å². The highest BCUT2D eigenvalue weighted by atomic mass is 16.5. The average molecular weight is 475 g/mol. The van der Waals surface area contributed by atoms with E-state index in [4.69, 9.17) is 9.47 Å². The minimum Gasteiger partial charge on any atom is -0.497 e. The molecule has 1 amide bonds. The van der Waals surface area contributed by atoms with Gasteiger partial charge >= 0.3 is 0 Å². The molecule has 2 aliphatic rings. The zero-order valence-electron chi connectivity index (χ0n) is 21.3. The fourth-order valence-electron chi connectivity index (χ4n) is 6.01. The monoisotopic (exact) mass is 474 g/mol. The molecule has 4 rings (SSSR count). The van der Waals surface area contributed by atoms with Crippen molar-refractivity contribution in [2.24, 2.45) is 5.92 Å². The molecule has 2 aromatic rings. The van der Waals surface area contributed by atoms with Crippen molar-refractivity contribution in [2.75, 3.05) is 40.9 Å². The van der Waals surface area contributed by atoms with Gasteiger partial charge in [0.1, 0.15) is 11.5 Å². The molecule has 0 radical (unpaired) electrons.